The van der Waals surface area contributed by atoms with Crippen molar-refractivity contribution < 1.29 is 9.53 Å². The van der Waals surface area contributed by atoms with Gasteiger partial charge in [0.25, 0.3) is 5.56 Å². The Labute approximate surface area is 197 Å². The van der Waals surface area contributed by atoms with Crippen molar-refractivity contribution in [2.75, 3.05) is 0 Å². The minimum Gasteiger partial charge on any atom is -0.485 e. The van der Waals surface area contributed by atoms with Crippen molar-refractivity contribution in [3.05, 3.63) is 57.0 Å². The highest BCUT2D eigenvalue weighted by Gasteiger charge is 2.37. The second kappa shape index (κ2) is 10.2. The summed E-state index contributed by atoms with van der Waals surface area (Å²) in [6.45, 7) is 14.2. The first-order valence-electron chi connectivity index (χ1n) is 10.9. The SMILES string of the molecule is CC(C)(C)n1ncc(OCc2ccc(C#CCCCC(C)(C)[Si](C)(C)O)cc2)c(Cl)c1=O. The standard InChI is InChI=1S/C25H35ClN2O3Si/c1-24(2,3)28-23(29)22(26)21(17-27-28)31-18-20-14-12-19(13-15-20)11-9-8-10-16-25(4,5)32(6,7)30/h12-15,17,30H,8,10,16,18H2,1-7H3. The van der Waals surface area contributed by atoms with Gasteiger partial charge in [-0.2, -0.15) is 5.10 Å². The van der Waals surface area contributed by atoms with Crippen LogP contribution in [0.3, 0.4) is 0 Å². The van der Waals surface area contributed by atoms with E-state index in [1.165, 1.54) is 10.9 Å². The van der Waals surface area contributed by atoms with E-state index in [9.17, 15) is 9.59 Å². The van der Waals surface area contributed by atoms with Gasteiger partial charge in [0.1, 0.15) is 6.61 Å². The smallest absolute Gasteiger partial charge is 0.289 e. The first kappa shape index (κ1) is 26.2. The molecule has 0 saturated heterocycles. The van der Waals surface area contributed by atoms with Gasteiger partial charge < -0.3 is 9.53 Å². The molecule has 0 aliphatic rings. The number of rotatable bonds is 7. The lowest BCUT2D eigenvalue weighted by molar-refractivity contribution is 0.292. The van der Waals surface area contributed by atoms with E-state index in [4.69, 9.17) is 16.3 Å². The van der Waals surface area contributed by atoms with Crippen molar-refractivity contribution in [1.82, 2.24) is 9.78 Å². The van der Waals surface area contributed by atoms with Crippen molar-refractivity contribution in [3.63, 3.8) is 0 Å². The Bertz CT molecular complexity index is 1040. The van der Waals surface area contributed by atoms with Gasteiger partial charge in [0, 0.05) is 12.0 Å². The van der Waals surface area contributed by atoms with E-state index in [0.717, 1.165) is 30.4 Å². The fraction of sp³-hybridized carbons (Fsp3) is 0.520. The maximum absolute atomic E-state index is 12.4. The van der Waals surface area contributed by atoms with Gasteiger partial charge in [0.15, 0.2) is 19.1 Å². The molecule has 0 radical (unpaired) electrons. The fourth-order valence-electron chi connectivity index (χ4n) is 2.93. The maximum atomic E-state index is 12.4. The number of ether oxygens (including phenoxy) is 1. The Balaban J connectivity index is 1.91. The van der Waals surface area contributed by atoms with Crippen LogP contribution >= 0.6 is 11.6 Å². The molecule has 0 bridgehead atoms. The molecule has 0 fully saturated rings. The summed E-state index contributed by atoms with van der Waals surface area (Å²) < 4.78 is 7.07. The highest BCUT2D eigenvalue weighted by atomic mass is 35.5. The minimum atomic E-state index is -2.16. The first-order valence-corrected chi connectivity index (χ1v) is 14.3. The predicted molar refractivity (Wildman–Crippen MR) is 134 cm³/mol. The van der Waals surface area contributed by atoms with Gasteiger partial charge in [0.2, 0.25) is 0 Å². The third-order valence-corrected chi connectivity index (χ3v) is 9.77. The molecule has 1 N–H and O–H groups in total. The van der Waals surface area contributed by atoms with Crippen LogP contribution in [0.15, 0.2) is 35.3 Å². The van der Waals surface area contributed by atoms with Crippen LogP contribution < -0.4 is 10.3 Å². The van der Waals surface area contributed by atoms with E-state index in [0.29, 0.717) is 0 Å². The lowest BCUT2D eigenvalue weighted by Crippen LogP contribution is -2.38. The molecule has 0 amide bonds. The van der Waals surface area contributed by atoms with Crippen molar-refractivity contribution in [2.24, 2.45) is 0 Å². The summed E-state index contributed by atoms with van der Waals surface area (Å²) in [6, 6.07) is 7.81. The summed E-state index contributed by atoms with van der Waals surface area (Å²) in [5, 5.41) is 4.21. The van der Waals surface area contributed by atoms with E-state index in [1.54, 1.807) is 0 Å². The Morgan fingerprint density at radius 1 is 1.16 bits per heavy atom. The minimum absolute atomic E-state index is 0.00660. The van der Waals surface area contributed by atoms with Gasteiger partial charge in [0.05, 0.1) is 11.7 Å². The molecule has 32 heavy (non-hydrogen) atoms. The Hall–Kier alpha value is -2.07. The third kappa shape index (κ3) is 6.96. The van der Waals surface area contributed by atoms with E-state index in [2.05, 4.69) is 30.8 Å². The summed E-state index contributed by atoms with van der Waals surface area (Å²) in [7, 11) is -2.16. The number of nitrogens with zero attached hydrogens (tertiary/aromatic N) is 2. The van der Waals surface area contributed by atoms with Crippen molar-refractivity contribution in [1.29, 1.82) is 0 Å². The van der Waals surface area contributed by atoms with Gasteiger partial charge in [-0.3, -0.25) is 4.79 Å². The largest absolute Gasteiger partial charge is 0.485 e. The Morgan fingerprint density at radius 3 is 2.34 bits per heavy atom. The molecule has 1 aromatic heterocycles. The normalized spacial score (nSPS) is 12.3. The highest BCUT2D eigenvalue weighted by molar-refractivity contribution is 6.72. The highest BCUT2D eigenvalue weighted by Crippen LogP contribution is 2.39. The molecule has 1 aromatic carbocycles. The Morgan fingerprint density at radius 2 is 1.78 bits per heavy atom. The molecule has 0 aliphatic carbocycles. The molecular formula is C25H35ClN2O3Si. The molecule has 0 spiro atoms. The van der Waals surface area contributed by atoms with E-state index in [-0.39, 0.29) is 28.0 Å². The average Bonchev–Trinajstić information content (AvgIpc) is 2.68. The molecule has 5 nitrogen and oxygen atoms in total. The summed E-state index contributed by atoms with van der Waals surface area (Å²) in [5.41, 5.74) is 1.07. The summed E-state index contributed by atoms with van der Waals surface area (Å²) in [6.07, 6.45) is 4.25. The number of aromatic nitrogens is 2. The zero-order valence-corrected chi connectivity index (χ0v) is 22.0. The molecule has 7 heteroatoms. The number of hydrogen-bond acceptors (Lipinski definition) is 4. The average molecular weight is 475 g/mol. The zero-order chi connectivity index (χ0) is 24.2. The van der Waals surface area contributed by atoms with Gasteiger partial charge in [-0.15, -0.1) is 0 Å². The van der Waals surface area contributed by atoms with Gasteiger partial charge in [-0.25, -0.2) is 4.68 Å². The number of hydrogen-bond donors (Lipinski definition) is 1. The van der Waals surface area contributed by atoms with Crippen LogP contribution in [0, 0.1) is 11.8 Å². The monoisotopic (exact) mass is 474 g/mol. The van der Waals surface area contributed by atoms with Crippen LogP contribution in [0.4, 0.5) is 0 Å². The van der Waals surface area contributed by atoms with Crippen molar-refractivity contribution in [3.8, 4) is 17.6 Å². The molecule has 0 aliphatic heterocycles. The number of benzene rings is 1. The zero-order valence-electron chi connectivity index (χ0n) is 20.3. The maximum Gasteiger partial charge on any atom is 0.289 e. The molecular weight excluding hydrogens is 440 g/mol. The van der Waals surface area contributed by atoms with Gasteiger partial charge >= 0.3 is 0 Å². The summed E-state index contributed by atoms with van der Waals surface area (Å²) >= 11 is 6.20. The lowest BCUT2D eigenvalue weighted by Gasteiger charge is -2.34. The van der Waals surface area contributed by atoms with Crippen LogP contribution in [-0.2, 0) is 12.1 Å². The molecule has 0 unspecified atom stereocenters. The summed E-state index contributed by atoms with van der Waals surface area (Å²) in [4.78, 5) is 22.8. The van der Waals surface area contributed by atoms with Crippen LogP contribution in [0.1, 0.15) is 65.0 Å². The third-order valence-electron chi connectivity index (χ3n) is 5.86. The van der Waals surface area contributed by atoms with E-state index >= 15 is 0 Å². The van der Waals surface area contributed by atoms with Crippen LogP contribution in [0.25, 0.3) is 0 Å². The second-order valence-corrected chi connectivity index (χ2v) is 15.1. The van der Waals surface area contributed by atoms with E-state index < -0.39 is 13.9 Å². The molecule has 174 valence electrons. The Kier molecular flexibility index (Phi) is 8.38. The van der Waals surface area contributed by atoms with Crippen LogP contribution in [0.2, 0.25) is 23.2 Å². The fourth-order valence-corrected chi connectivity index (χ4v) is 3.90. The summed E-state index contributed by atoms with van der Waals surface area (Å²) in [5.74, 6) is 6.69. The van der Waals surface area contributed by atoms with Gasteiger partial charge in [-0.1, -0.05) is 49.4 Å². The van der Waals surface area contributed by atoms with Crippen LogP contribution in [-0.4, -0.2) is 22.9 Å². The molecule has 1 heterocycles. The molecule has 2 rings (SSSR count). The second-order valence-electron chi connectivity index (χ2n) is 10.3. The topological polar surface area (TPSA) is 64.3 Å². The van der Waals surface area contributed by atoms with Crippen LogP contribution in [0.5, 0.6) is 5.75 Å². The first-order chi connectivity index (χ1) is 14.7. The molecule has 2 aromatic rings. The van der Waals surface area contributed by atoms with Crippen molar-refractivity contribution in [2.45, 2.75) is 84.2 Å². The van der Waals surface area contributed by atoms with E-state index in [1.807, 2.05) is 58.1 Å². The quantitative estimate of drug-likeness (QED) is 0.316. The lowest BCUT2D eigenvalue weighted by atomic mass is 10.1. The van der Waals surface area contributed by atoms with Crippen molar-refractivity contribution >= 4 is 19.9 Å². The predicted octanol–water partition coefficient (Wildman–Crippen LogP) is 5.73. The number of halogens is 1. The molecule has 0 atom stereocenters. The molecule has 0 saturated carbocycles. The van der Waals surface area contributed by atoms with Gasteiger partial charge in [-0.05, 0) is 69.4 Å². The number of unbranched alkanes of at least 4 members (excludes halogenated alkanes) is 1.